The molecule has 0 aliphatic carbocycles. The molecule has 2 amide bonds. The number of carbonyl (C=O) groups excluding carboxylic acids is 2. The largest absolute Gasteiger partial charge is 0.350 e. The Morgan fingerprint density at radius 2 is 2.25 bits per heavy atom. The third-order valence-electron chi connectivity index (χ3n) is 2.88. The lowest BCUT2D eigenvalue weighted by atomic mass is 10.0. The summed E-state index contributed by atoms with van der Waals surface area (Å²) in [5.41, 5.74) is -0.200. The molecule has 1 saturated heterocycles. The summed E-state index contributed by atoms with van der Waals surface area (Å²) >= 11 is 0. The van der Waals surface area contributed by atoms with Crippen molar-refractivity contribution in [2.24, 2.45) is 0 Å². The molecule has 1 rings (SSSR count). The van der Waals surface area contributed by atoms with E-state index in [9.17, 15) is 9.59 Å². The molecular weight excluding hydrogens is 206 g/mol. The summed E-state index contributed by atoms with van der Waals surface area (Å²) in [4.78, 5) is 24.7. The van der Waals surface area contributed by atoms with Gasteiger partial charge in [0, 0.05) is 18.6 Å². The topological polar surface area (TPSA) is 61.4 Å². The van der Waals surface area contributed by atoms with Gasteiger partial charge in [-0.15, -0.1) is 0 Å². The fourth-order valence-corrected chi connectivity index (χ4v) is 1.49. The van der Waals surface area contributed by atoms with Gasteiger partial charge in [0.2, 0.25) is 11.8 Å². The summed E-state index contributed by atoms with van der Waals surface area (Å²) < 4.78 is 0. The molecule has 0 radical (unpaired) electrons. The van der Waals surface area contributed by atoms with Crippen molar-refractivity contribution in [2.45, 2.75) is 32.7 Å². The molecule has 0 atom stereocenters. The van der Waals surface area contributed by atoms with E-state index in [-0.39, 0.29) is 23.9 Å². The van der Waals surface area contributed by atoms with Gasteiger partial charge in [-0.2, -0.15) is 0 Å². The van der Waals surface area contributed by atoms with Crippen molar-refractivity contribution in [3.8, 4) is 0 Å². The van der Waals surface area contributed by atoms with Gasteiger partial charge in [0.15, 0.2) is 0 Å². The molecule has 5 heteroatoms. The van der Waals surface area contributed by atoms with Gasteiger partial charge in [-0.05, 0) is 20.3 Å². The predicted octanol–water partition coefficient (Wildman–Crippen LogP) is -0.277. The van der Waals surface area contributed by atoms with Crippen LogP contribution in [0.15, 0.2) is 0 Å². The second kappa shape index (κ2) is 5.30. The lowest BCUT2D eigenvalue weighted by Gasteiger charge is -2.29. The molecule has 0 bridgehead atoms. The maximum atomic E-state index is 11.7. The van der Waals surface area contributed by atoms with Crippen LogP contribution in [0, 0.1) is 0 Å². The van der Waals surface area contributed by atoms with Crippen molar-refractivity contribution in [3.63, 3.8) is 0 Å². The van der Waals surface area contributed by atoms with Crippen molar-refractivity contribution in [3.05, 3.63) is 0 Å². The monoisotopic (exact) mass is 227 g/mol. The van der Waals surface area contributed by atoms with Crippen molar-refractivity contribution >= 4 is 11.8 Å². The summed E-state index contributed by atoms with van der Waals surface area (Å²) in [6.45, 7) is 7.86. The van der Waals surface area contributed by atoms with Crippen LogP contribution in [0.2, 0.25) is 0 Å². The van der Waals surface area contributed by atoms with E-state index in [4.69, 9.17) is 0 Å². The molecule has 1 fully saturated rings. The number of nitrogens with one attached hydrogen (secondary N) is 2. The molecule has 0 saturated carbocycles. The van der Waals surface area contributed by atoms with E-state index in [0.29, 0.717) is 13.1 Å². The molecule has 2 N–H and O–H groups in total. The van der Waals surface area contributed by atoms with Gasteiger partial charge >= 0.3 is 0 Å². The minimum Gasteiger partial charge on any atom is -0.350 e. The highest BCUT2D eigenvalue weighted by Gasteiger charge is 2.23. The summed E-state index contributed by atoms with van der Waals surface area (Å²) in [6.07, 6.45) is 0.869. The number of hydrogen-bond donors (Lipinski definition) is 2. The zero-order valence-corrected chi connectivity index (χ0v) is 10.3. The van der Waals surface area contributed by atoms with Crippen LogP contribution >= 0.6 is 0 Å². The number of hydrogen-bond acceptors (Lipinski definition) is 3. The summed E-state index contributed by atoms with van der Waals surface area (Å²) in [6, 6.07) is 0. The average molecular weight is 227 g/mol. The minimum atomic E-state index is -0.200. The first-order chi connectivity index (χ1) is 7.44. The van der Waals surface area contributed by atoms with Crippen LogP contribution < -0.4 is 10.6 Å². The van der Waals surface area contributed by atoms with Gasteiger partial charge in [-0.25, -0.2) is 0 Å². The average Bonchev–Trinajstić information content (AvgIpc) is 2.21. The molecule has 1 heterocycles. The first-order valence-electron chi connectivity index (χ1n) is 5.74. The van der Waals surface area contributed by atoms with Crippen molar-refractivity contribution in [1.82, 2.24) is 15.5 Å². The highest BCUT2D eigenvalue weighted by Crippen LogP contribution is 2.06. The lowest BCUT2D eigenvalue weighted by Crippen LogP contribution is -2.53. The maximum absolute atomic E-state index is 11.7. The van der Waals surface area contributed by atoms with E-state index in [0.717, 1.165) is 13.0 Å². The lowest BCUT2D eigenvalue weighted by molar-refractivity contribution is -0.137. The fourth-order valence-electron chi connectivity index (χ4n) is 1.49. The number of piperazine rings is 1. The standard InChI is InChI=1S/C11H21N3O2/c1-4-11(2,3)13-9(15)8-14-6-5-12-7-10(14)16/h12H,4-8H2,1-3H3,(H,13,15). The normalized spacial score (nSPS) is 17.4. The maximum Gasteiger partial charge on any atom is 0.240 e. The zero-order chi connectivity index (χ0) is 12.2. The van der Waals surface area contributed by atoms with E-state index in [1.807, 2.05) is 20.8 Å². The first kappa shape index (κ1) is 13.0. The van der Waals surface area contributed by atoms with Gasteiger partial charge in [0.1, 0.15) is 0 Å². The summed E-state index contributed by atoms with van der Waals surface area (Å²) in [5, 5.41) is 5.89. The summed E-state index contributed by atoms with van der Waals surface area (Å²) in [7, 11) is 0. The number of carbonyl (C=O) groups is 2. The molecular formula is C11H21N3O2. The predicted molar refractivity (Wildman–Crippen MR) is 62.0 cm³/mol. The second-order valence-electron chi connectivity index (χ2n) is 4.78. The van der Waals surface area contributed by atoms with E-state index in [2.05, 4.69) is 10.6 Å². The fraction of sp³-hybridized carbons (Fsp3) is 0.818. The molecule has 1 aliphatic rings. The van der Waals surface area contributed by atoms with Gasteiger partial charge in [-0.1, -0.05) is 6.92 Å². The third kappa shape index (κ3) is 3.81. The number of nitrogens with zero attached hydrogens (tertiary/aromatic N) is 1. The summed E-state index contributed by atoms with van der Waals surface area (Å²) in [5.74, 6) is -0.0854. The number of rotatable bonds is 4. The van der Waals surface area contributed by atoms with Gasteiger partial charge in [-0.3, -0.25) is 9.59 Å². The van der Waals surface area contributed by atoms with Gasteiger partial charge in [0.05, 0.1) is 13.1 Å². The van der Waals surface area contributed by atoms with Crippen LogP contribution in [0.5, 0.6) is 0 Å². The second-order valence-corrected chi connectivity index (χ2v) is 4.78. The van der Waals surface area contributed by atoms with E-state index < -0.39 is 0 Å². The molecule has 1 aliphatic heterocycles. The molecule has 5 nitrogen and oxygen atoms in total. The Labute approximate surface area is 96.6 Å². The first-order valence-corrected chi connectivity index (χ1v) is 5.74. The SMILES string of the molecule is CCC(C)(C)NC(=O)CN1CCNCC1=O. The van der Waals surface area contributed by atoms with Crippen molar-refractivity contribution in [2.75, 3.05) is 26.2 Å². The van der Waals surface area contributed by atoms with Crippen LogP contribution in [0.3, 0.4) is 0 Å². The quantitative estimate of drug-likeness (QED) is 0.694. The minimum absolute atomic E-state index is 0.00398. The van der Waals surface area contributed by atoms with E-state index in [1.54, 1.807) is 4.90 Å². The third-order valence-corrected chi connectivity index (χ3v) is 2.88. The molecule has 0 spiro atoms. The van der Waals surface area contributed by atoms with Crippen molar-refractivity contribution < 1.29 is 9.59 Å². The van der Waals surface area contributed by atoms with Crippen LogP contribution in [-0.2, 0) is 9.59 Å². The van der Waals surface area contributed by atoms with E-state index >= 15 is 0 Å². The highest BCUT2D eigenvalue weighted by molar-refractivity contribution is 5.86. The van der Waals surface area contributed by atoms with Crippen LogP contribution in [0.25, 0.3) is 0 Å². The van der Waals surface area contributed by atoms with Crippen LogP contribution in [-0.4, -0.2) is 48.4 Å². The Morgan fingerprint density at radius 3 is 2.81 bits per heavy atom. The van der Waals surface area contributed by atoms with Crippen LogP contribution in [0.1, 0.15) is 27.2 Å². The molecule has 0 aromatic heterocycles. The Balaban J connectivity index is 2.41. The molecule has 92 valence electrons. The smallest absolute Gasteiger partial charge is 0.240 e. The molecule has 0 unspecified atom stereocenters. The van der Waals surface area contributed by atoms with Gasteiger partial charge in [0.25, 0.3) is 0 Å². The van der Waals surface area contributed by atoms with Gasteiger partial charge < -0.3 is 15.5 Å². The Kier molecular flexibility index (Phi) is 4.29. The Hall–Kier alpha value is -1.10. The van der Waals surface area contributed by atoms with Crippen LogP contribution in [0.4, 0.5) is 0 Å². The molecule has 0 aromatic carbocycles. The number of amides is 2. The molecule has 16 heavy (non-hydrogen) atoms. The van der Waals surface area contributed by atoms with Crippen molar-refractivity contribution in [1.29, 1.82) is 0 Å². The zero-order valence-electron chi connectivity index (χ0n) is 10.3. The van der Waals surface area contributed by atoms with E-state index in [1.165, 1.54) is 0 Å². The molecule has 0 aromatic rings. The highest BCUT2D eigenvalue weighted by atomic mass is 16.2. The Bertz CT molecular complexity index is 276. The Morgan fingerprint density at radius 1 is 1.56 bits per heavy atom.